The van der Waals surface area contributed by atoms with Crippen LogP contribution >= 0.6 is 15.9 Å². The van der Waals surface area contributed by atoms with Gasteiger partial charge < -0.3 is 10.0 Å². The number of nitrogens with zero attached hydrogens (tertiary/aromatic N) is 2. The molecule has 0 saturated carbocycles. The number of H-pyrrole nitrogens is 1. The van der Waals surface area contributed by atoms with Crippen molar-refractivity contribution in [3.63, 3.8) is 0 Å². The highest BCUT2D eigenvalue weighted by molar-refractivity contribution is 9.10. The molecular formula is C7H8BrN3O2. The lowest BCUT2D eigenvalue weighted by molar-refractivity contribution is 0.139. The van der Waals surface area contributed by atoms with Gasteiger partial charge in [-0.15, -0.1) is 0 Å². The Morgan fingerprint density at radius 2 is 2.46 bits per heavy atom. The Balaban J connectivity index is 2.25. The monoisotopic (exact) mass is 245 g/mol. The van der Waals surface area contributed by atoms with Crippen LogP contribution < -0.4 is 0 Å². The maximum Gasteiger partial charge on any atom is 0.407 e. The maximum atomic E-state index is 10.7. The number of hydrogen-bond donors (Lipinski definition) is 2. The van der Waals surface area contributed by atoms with E-state index >= 15 is 0 Å². The molecule has 2 rings (SSSR count). The minimum Gasteiger partial charge on any atom is -0.465 e. The van der Waals surface area contributed by atoms with Crippen molar-refractivity contribution in [2.75, 3.05) is 6.54 Å². The summed E-state index contributed by atoms with van der Waals surface area (Å²) in [4.78, 5) is 12.0. The first-order valence-electron chi connectivity index (χ1n) is 3.88. The van der Waals surface area contributed by atoms with Crippen LogP contribution in [0.3, 0.4) is 0 Å². The van der Waals surface area contributed by atoms with Crippen LogP contribution in [0, 0.1) is 0 Å². The van der Waals surface area contributed by atoms with Crippen molar-refractivity contribution >= 4 is 22.0 Å². The second-order valence-corrected chi connectivity index (χ2v) is 3.68. The molecule has 0 radical (unpaired) electrons. The average Bonchev–Trinajstić information content (AvgIpc) is 2.47. The summed E-state index contributed by atoms with van der Waals surface area (Å²) in [5.41, 5.74) is 1.98. The van der Waals surface area contributed by atoms with E-state index in [1.165, 1.54) is 4.90 Å². The largest absolute Gasteiger partial charge is 0.465 e. The normalized spacial score (nSPS) is 15.6. The molecule has 5 nitrogen and oxygen atoms in total. The minimum absolute atomic E-state index is 0.406. The van der Waals surface area contributed by atoms with Crippen LogP contribution in [-0.4, -0.2) is 32.8 Å². The average molecular weight is 246 g/mol. The molecule has 1 aromatic rings. The Labute approximate surface area is 82.9 Å². The van der Waals surface area contributed by atoms with Crippen LogP contribution in [0.5, 0.6) is 0 Å². The summed E-state index contributed by atoms with van der Waals surface area (Å²) in [7, 11) is 0. The number of aromatic amines is 1. The highest BCUT2D eigenvalue weighted by Gasteiger charge is 2.23. The summed E-state index contributed by atoms with van der Waals surface area (Å²) in [6.07, 6.45) is -0.157. The molecule has 2 N–H and O–H groups in total. The van der Waals surface area contributed by atoms with Crippen LogP contribution in [0.2, 0.25) is 0 Å². The van der Waals surface area contributed by atoms with E-state index in [0.29, 0.717) is 13.1 Å². The van der Waals surface area contributed by atoms with Gasteiger partial charge in [0.1, 0.15) is 4.60 Å². The summed E-state index contributed by atoms with van der Waals surface area (Å²) in [5, 5.41) is 15.5. The van der Waals surface area contributed by atoms with Gasteiger partial charge in [0.25, 0.3) is 0 Å². The van der Waals surface area contributed by atoms with Gasteiger partial charge in [0.05, 0.1) is 12.2 Å². The number of amides is 1. The summed E-state index contributed by atoms with van der Waals surface area (Å²) in [6.45, 7) is 0.948. The molecule has 70 valence electrons. The van der Waals surface area contributed by atoms with Gasteiger partial charge in [-0.2, -0.15) is 5.10 Å². The quantitative estimate of drug-likeness (QED) is 0.722. The third kappa shape index (κ3) is 1.41. The minimum atomic E-state index is -0.878. The molecule has 0 atom stereocenters. The van der Waals surface area contributed by atoms with Crippen molar-refractivity contribution in [1.29, 1.82) is 0 Å². The van der Waals surface area contributed by atoms with Gasteiger partial charge in [-0.3, -0.25) is 5.10 Å². The van der Waals surface area contributed by atoms with Crippen LogP contribution in [0.25, 0.3) is 0 Å². The zero-order valence-corrected chi connectivity index (χ0v) is 8.34. The smallest absolute Gasteiger partial charge is 0.407 e. The van der Waals surface area contributed by atoms with Crippen molar-refractivity contribution in [3.05, 3.63) is 15.9 Å². The van der Waals surface area contributed by atoms with E-state index in [1.54, 1.807) is 0 Å². The predicted molar refractivity (Wildman–Crippen MR) is 48.4 cm³/mol. The first-order chi connectivity index (χ1) is 6.18. The number of halogens is 1. The molecule has 0 spiro atoms. The van der Waals surface area contributed by atoms with Gasteiger partial charge in [0, 0.05) is 12.1 Å². The number of rotatable bonds is 0. The third-order valence-corrected chi connectivity index (χ3v) is 2.81. The van der Waals surface area contributed by atoms with Crippen molar-refractivity contribution < 1.29 is 9.90 Å². The Hall–Kier alpha value is -1.04. The Kier molecular flexibility index (Phi) is 1.99. The van der Waals surface area contributed by atoms with E-state index in [2.05, 4.69) is 26.1 Å². The lowest BCUT2D eigenvalue weighted by Crippen LogP contribution is -2.34. The maximum absolute atomic E-state index is 10.7. The molecule has 0 fully saturated rings. The van der Waals surface area contributed by atoms with Crippen molar-refractivity contribution in [2.45, 2.75) is 13.0 Å². The molecule has 0 aliphatic carbocycles. The summed E-state index contributed by atoms with van der Waals surface area (Å²) < 4.78 is 0.799. The van der Waals surface area contributed by atoms with Gasteiger partial charge in [0.2, 0.25) is 0 Å². The number of carboxylic acid groups (broad SMARTS) is 1. The zero-order chi connectivity index (χ0) is 9.42. The van der Waals surface area contributed by atoms with Crippen LogP contribution in [0.15, 0.2) is 4.60 Å². The molecule has 1 aromatic heterocycles. The molecule has 13 heavy (non-hydrogen) atoms. The summed E-state index contributed by atoms with van der Waals surface area (Å²) in [6, 6.07) is 0. The van der Waals surface area contributed by atoms with Crippen molar-refractivity contribution in [2.24, 2.45) is 0 Å². The zero-order valence-electron chi connectivity index (χ0n) is 6.75. The van der Waals surface area contributed by atoms with E-state index in [9.17, 15) is 4.79 Å². The van der Waals surface area contributed by atoms with Crippen LogP contribution in [-0.2, 0) is 13.0 Å². The van der Waals surface area contributed by atoms with E-state index < -0.39 is 6.09 Å². The number of nitrogens with one attached hydrogen (secondary N) is 1. The topological polar surface area (TPSA) is 69.2 Å². The van der Waals surface area contributed by atoms with Gasteiger partial charge >= 0.3 is 6.09 Å². The van der Waals surface area contributed by atoms with Gasteiger partial charge in [-0.25, -0.2) is 4.79 Å². The molecule has 0 aromatic carbocycles. The van der Waals surface area contributed by atoms with E-state index in [-0.39, 0.29) is 0 Å². The van der Waals surface area contributed by atoms with Gasteiger partial charge in [-0.05, 0) is 22.4 Å². The first kappa shape index (κ1) is 8.55. The second-order valence-electron chi connectivity index (χ2n) is 2.93. The summed E-state index contributed by atoms with van der Waals surface area (Å²) in [5.74, 6) is 0. The molecule has 0 unspecified atom stereocenters. The number of aromatic nitrogens is 2. The second kappa shape index (κ2) is 3.02. The molecule has 1 aliphatic rings. The number of fused-ring (bicyclic) bond motifs is 1. The molecule has 2 heterocycles. The van der Waals surface area contributed by atoms with E-state index in [4.69, 9.17) is 5.11 Å². The molecule has 1 aliphatic heterocycles. The Morgan fingerprint density at radius 3 is 3.15 bits per heavy atom. The number of carbonyl (C=O) groups is 1. The lowest BCUT2D eigenvalue weighted by atomic mass is 10.1. The number of hydrogen-bond acceptors (Lipinski definition) is 2. The molecule has 6 heteroatoms. The van der Waals surface area contributed by atoms with E-state index in [0.717, 1.165) is 22.3 Å². The van der Waals surface area contributed by atoms with E-state index in [1.807, 2.05) is 0 Å². The standard InChI is InChI=1S/C7H8BrN3O2/c8-6-4-1-2-11(7(12)13)3-5(4)9-10-6/h1-3H2,(H,9,10)(H,12,13). The highest BCUT2D eigenvalue weighted by atomic mass is 79.9. The first-order valence-corrected chi connectivity index (χ1v) is 4.67. The van der Waals surface area contributed by atoms with Crippen molar-refractivity contribution in [1.82, 2.24) is 15.1 Å². The summed E-state index contributed by atoms with van der Waals surface area (Å²) >= 11 is 3.30. The predicted octanol–water partition coefficient (Wildman–Crippen LogP) is 1.21. The lowest BCUT2D eigenvalue weighted by Gasteiger charge is -2.23. The fourth-order valence-corrected chi connectivity index (χ4v) is 1.97. The molecule has 0 bridgehead atoms. The Morgan fingerprint density at radius 1 is 1.69 bits per heavy atom. The van der Waals surface area contributed by atoms with Crippen LogP contribution in [0.4, 0.5) is 4.79 Å². The molecule has 0 saturated heterocycles. The van der Waals surface area contributed by atoms with Crippen LogP contribution in [0.1, 0.15) is 11.3 Å². The SMILES string of the molecule is O=C(O)N1CCc2c(Br)n[nH]c2C1. The van der Waals surface area contributed by atoms with Gasteiger partial charge in [0.15, 0.2) is 0 Å². The Bertz CT molecular complexity index is 350. The third-order valence-electron chi connectivity index (χ3n) is 2.15. The van der Waals surface area contributed by atoms with Crippen molar-refractivity contribution in [3.8, 4) is 0 Å². The van der Waals surface area contributed by atoms with Gasteiger partial charge in [-0.1, -0.05) is 0 Å². The molecule has 1 amide bonds. The fraction of sp³-hybridized carbons (Fsp3) is 0.429. The molecular weight excluding hydrogens is 238 g/mol. The fourth-order valence-electron chi connectivity index (χ4n) is 1.44. The highest BCUT2D eigenvalue weighted by Crippen LogP contribution is 2.23.